The molecule has 0 spiro atoms. The molecule has 12 heteroatoms. The first kappa shape index (κ1) is 17.0. The van der Waals surface area contributed by atoms with E-state index in [9.17, 15) is 24.9 Å². The highest BCUT2D eigenvalue weighted by atomic mass is 16.6. The Labute approximate surface area is 139 Å². The lowest BCUT2D eigenvalue weighted by Crippen LogP contribution is -2.34. The lowest BCUT2D eigenvalue weighted by Gasteiger charge is -2.21. The zero-order chi connectivity index (χ0) is 18.5. The Hall–Kier alpha value is -2.80. The second-order valence-electron chi connectivity index (χ2n) is 5.54. The number of aliphatic hydroxyl groups excluding tert-OH is 3. The highest BCUT2D eigenvalue weighted by molar-refractivity contribution is 5.98. The highest BCUT2D eigenvalue weighted by Crippen LogP contribution is 2.31. The summed E-state index contributed by atoms with van der Waals surface area (Å²) in [5, 5.41) is 29.1. The van der Waals surface area contributed by atoms with Gasteiger partial charge in [-0.15, -0.1) is 0 Å². The molecule has 3 heterocycles. The molecule has 3 rings (SSSR count). The molecule has 0 aliphatic carbocycles. The number of ether oxygens (including phenoxy) is 1. The van der Waals surface area contributed by atoms with Gasteiger partial charge >= 0.3 is 0 Å². The van der Waals surface area contributed by atoms with Crippen LogP contribution in [0.4, 0.5) is 11.8 Å². The Balaban J connectivity index is 2.33. The molecule has 0 saturated carbocycles. The first-order chi connectivity index (χ1) is 11.8. The molecule has 1 fully saturated rings. The fraction of sp³-hybridized carbons (Fsp3) is 0.385. The molecule has 4 atom stereocenters. The number of hydrogen-bond acceptors (Lipinski definition) is 10. The Bertz CT molecular complexity index is 914. The van der Waals surface area contributed by atoms with Gasteiger partial charge in [0, 0.05) is 6.20 Å². The second-order valence-corrected chi connectivity index (χ2v) is 5.54. The maximum Gasteiger partial charge on any atom is 0.254 e. The van der Waals surface area contributed by atoms with E-state index in [0.29, 0.717) is 0 Å². The third-order valence-electron chi connectivity index (χ3n) is 3.98. The molecule has 25 heavy (non-hydrogen) atoms. The van der Waals surface area contributed by atoms with Crippen molar-refractivity contribution in [1.82, 2.24) is 14.5 Å². The van der Waals surface area contributed by atoms with Crippen LogP contribution in [0.5, 0.6) is 0 Å². The van der Waals surface area contributed by atoms with E-state index >= 15 is 0 Å². The maximum absolute atomic E-state index is 12.4. The average molecular weight is 352 g/mol. The van der Waals surface area contributed by atoms with Crippen molar-refractivity contribution >= 4 is 28.7 Å². The van der Waals surface area contributed by atoms with Crippen LogP contribution in [0, 0.1) is 0 Å². The van der Waals surface area contributed by atoms with E-state index < -0.39 is 48.0 Å². The first-order valence-corrected chi connectivity index (χ1v) is 7.16. The van der Waals surface area contributed by atoms with Crippen molar-refractivity contribution in [3.63, 3.8) is 0 Å². The number of hydrogen-bond donors (Lipinski definition) is 6. The molecule has 0 unspecified atom stereocenters. The number of rotatable bonds is 3. The Morgan fingerprint density at radius 2 is 1.96 bits per heavy atom. The fourth-order valence-electron chi connectivity index (χ4n) is 2.76. The summed E-state index contributed by atoms with van der Waals surface area (Å²) < 4.78 is 6.51. The van der Waals surface area contributed by atoms with Gasteiger partial charge in [0.05, 0.1) is 6.61 Å². The Kier molecular flexibility index (Phi) is 4.04. The maximum atomic E-state index is 12.4. The molecule has 1 saturated heterocycles. The van der Waals surface area contributed by atoms with E-state index in [1.807, 2.05) is 0 Å². The van der Waals surface area contributed by atoms with Crippen molar-refractivity contribution < 1.29 is 24.9 Å². The molecule has 0 bridgehead atoms. The summed E-state index contributed by atoms with van der Waals surface area (Å²) in [6.45, 7) is -0.561. The van der Waals surface area contributed by atoms with Gasteiger partial charge in [-0.1, -0.05) is 0 Å². The molecular formula is C13H16N6O6. The smallest absolute Gasteiger partial charge is 0.254 e. The molecule has 0 radical (unpaired) electrons. The SMILES string of the molecule is NC(=O)c1cn([C@H]2O[C@@H](CO)[C@@H](O)[C@@H]2O)c2nc(N)nc(N)c2c1=O. The highest BCUT2D eigenvalue weighted by Gasteiger charge is 2.44. The van der Waals surface area contributed by atoms with E-state index in [-0.39, 0.29) is 22.8 Å². The number of aliphatic hydroxyl groups is 3. The lowest BCUT2D eigenvalue weighted by atomic mass is 10.1. The van der Waals surface area contributed by atoms with Gasteiger partial charge in [-0.3, -0.25) is 9.59 Å². The molecule has 134 valence electrons. The van der Waals surface area contributed by atoms with E-state index in [1.54, 1.807) is 0 Å². The molecule has 2 aromatic rings. The van der Waals surface area contributed by atoms with E-state index in [1.165, 1.54) is 0 Å². The Morgan fingerprint density at radius 3 is 2.52 bits per heavy atom. The van der Waals surface area contributed by atoms with Gasteiger partial charge in [-0.25, -0.2) is 0 Å². The van der Waals surface area contributed by atoms with Crippen molar-refractivity contribution in [2.45, 2.75) is 24.5 Å². The number of nitrogen functional groups attached to an aromatic ring is 2. The summed E-state index contributed by atoms with van der Waals surface area (Å²) in [4.78, 5) is 31.6. The van der Waals surface area contributed by atoms with E-state index in [0.717, 1.165) is 10.8 Å². The van der Waals surface area contributed by atoms with Crippen molar-refractivity contribution in [2.24, 2.45) is 5.73 Å². The minimum atomic E-state index is -1.49. The predicted octanol–water partition coefficient (Wildman–Crippen LogP) is -3.33. The largest absolute Gasteiger partial charge is 0.394 e. The number of primary amides is 1. The second kappa shape index (κ2) is 5.93. The normalized spacial score (nSPS) is 26.2. The van der Waals surface area contributed by atoms with Crippen LogP contribution in [0.2, 0.25) is 0 Å². The molecular weight excluding hydrogens is 336 g/mol. The number of amides is 1. The van der Waals surface area contributed by atoms with Gasteiger partial charge in [0.2, 0.25) is 11.4 Å². The quantitative estimate of drug-likeness (QED) is 0.323. The van der Waals surface area contributed by atoms with Gasteiger partial charge in [0.25, 0.3) is 5.91 Å². The summed E-state index contributed by atoms with van der Waals surface area (Å²) in [5.74, 6) is -1.57. The zero-order valence-electron chi connectivity index (χ0n) is 12.7. The average Bonchev–Trinajstić information content (AvgIpc) is 2.82. The van der Waals surface area contributed by atoms with Crippen LogP contribution in [0.15, 0.2) is 11.0 Å². The minimum absolute atomic E-state index is 0.116. The van der Waals surface area contributed by atoms with Crippen molar-refractivity contribution in [1.29, 1.82) is 0 Å². The molecule has 12 nitrogen and oxygen atoms in total. The molecule has 1 amide bonds. The van der Waals surface area contributed by atoms with E-state index in [2.05, 4.69) is 9.97 Å². The minimum Gasteiger partial charge on any atom is -0.394 e. The molecule has 2 aromatic heterocycles. The number of aromatic nitrogens is 3. The summed E-state index contributed by atoms with van der Waals surface area (Å²) in [5.41, 5.74) is 15.1. The lowest BCUT2D eigenvalue weighted by molar-refractivity contribution is -0.0511. The van der Waals surface area contributed by atoms with Crippen LogP contribution in [-0.4, -0.2) is 60.7 Å². The Morgan fingerprint density at radius 1 is 1.28 bits per heavy atom. The van der Waals surface area contributed by atoms with Gasteiger partial charge in [0.15, 0.2) is 11.9 Å². The summed E-state index contributed by atoms with van der Waals surface area (Å²) in [7, 11) is 0. The van der Waals surface area contributed by atoms with Crippen molar-refractivity contribution in [3.05, 3.63) is 22.0 Å². The number of carbonyl (C=O) groups is 1. The standard InChI is InChI=1S/C13H16N6O6/c14-9-5-6(21)3(10(15)24)1-19(11(5)18-13(16)17-9)12-8(23)7(22)4(2-20)25-12/h1,4,7-8,12,20,22-23H,2H2,(H2,15,24)(H4,14,16,17,18)/t4-,7+,8-,12-/m0/s1. The number of nitrogens with zero attached hydrogens (tertiary/aromatic N) is 3. The summed E-state index contributed by atoms with van der Waals surface area (Å²) in [6, 6.07) is 0. The zero-order valence-corrected chi connectivity index (χ0v) is 12.7. The third kappa shape index (κ3) is 2.56. The molecule has 0 aromatic carbocycles. The van der Waals surface area contributed by atoms with Crippen molar-refractivity contribution in [3.8, 4) is 0 Å². The van der Waals surface area contributed by atoms with Crippen molar-refractivity contribution in [2.75, 3.05) is 18.1 Å². The monoisotopic (exact) mass is 352 g/mol. The number of carbonyl (C=O) groups excluding carboxylic acids is 1. The van der Waals surface area contributed by atoms with Gasteiger partial charge in [-0.05, 0) is 0 Å². The van der Waals surface area contributed by atoms with Gasteiger partial charge < -0.3 is 41.8 Å². The molecule has 1 aliphatic rings. The number of anilines is 2. The fourth-order valence-corrected chi connectivity index (χ4v) is 2.76. The van der Waals surface area contributed by atoms with Crippen LogP contribution in [-0.2, 0) is 4.74 Å². The summed E-state index contributed by atoms with van der Waals surface area (Å²) >= 11 is 0. The van der Waals surface area contributed by atoms with Crippen LogP contribution in [0.3, 0.4) is 0 Å². The topological polar surface area (TPSA) is 213 Å². The van der Waals surface area contributed by atoms with Crippen LogP contribution in [0.25, 0.3) is 11.0 Å². The van der Waals surface area contributed by atoms with Gasteiger partial charge in [0.1, 0.15) is 35.1 Å². The van der Waals surface area contributed by atoms with Crippen LogP contribution in [0.1, 0.15) is 16.6 Å². The van der Waals surface area contributed by atoms with Crippen LogP contribution < -0.4 is 22.6 Å². The third-order valence-corrected chi connectivity index (χ3v) is 3.98. The van der Waals surface area contributed by atoms with E-state index in [4.69, 9.17) is 21.9 Å². The number of nitrogens with two attached hydrogens (primary N) is 3. The molecule has 9 N–H and O–H groups in total. The summed E-state index contributed by atoms with van der Waals surface area (Å²) in [6.07, 6.45) is -4.22. The predicted molar refractivity (Wildman–Crippen MR) is 84.2 cm³/mol. The number of fused-ring (bicyclic) bond motifs is 1. The number of pyridine rings is 1. The molecule has 1 aliphatic heterocycles. The first-order valence-electron chi connectivity index (χ1n) is 7.16. The van der Waals surface area contributed by atoms with Gasteiger partial charge in [-0.2, -0.15) is 9.97 Å². The van der Waals surface area contributed by atoms with Crippen LogP contribution >= 0.6 is 0 Å².